The summed E-state index contributed by atoms with van der Waals surface area (Å²) in [6.07, 6.45) is 5.57. The molecule has 10 heteroatoms. The van der Waals surface area contributed by atoms with Crippen LogP contribution in [0.3, 0.4) is 0 Å². The predicted molar refractivity (Wildman–Crippen MR) is 163 cm³/mol. The summed E-state index contributed by atoms with van der Waals surface area (Å²) in [6, 6.07) is 8.70. The summed E-state index contributed by atoms with van der Waals surface area (Å²) in [5.41, 5.74) is 4.69. The maximum atomic E-state index is 13.7. The van der Waals surface area contributed by atoms with Crippen molar-refractivity contribution in [3.05, 3.63) is 73.9 Å². The first-order valence-electron chi connectivity index (χ1n) is 13.4. The van der Waals surface area contributed by atoms with Gasteiger partial charge in [0.1, 0.15) is 10.6 Å². The van der Waals surface area contributed by atoms with Gasteiger partial charge in [-0.05, 0) is 113 Å². The Bertz CT molecular complexity index is 1570. The monoisotopic (exact) mass is 595 g/mol. The number of carbonyl (C=O) groups is 3. The van der Waals surface area contributed by atoms with E-state index in [4.69, 9.17) is 28.6 Å². The fourth-order valence-corrected chi connectivity index (χ4v) is 7.41. The Labute approximate surface area is 248 Å². The number of hydrogen-bond acceptors (Lipinski definition) is 6. The molecule has 2 aromatic heterocycles. The fourth-order valence-electron chi connectivity index (χ4n) is 5.40. The SMILES string of the molecule is CCOC(=O)c1c(-n2c(C)cc(/C=C3\C(=O)N(CC)C(=S)N(c4ccc(Cl)cc4)C3=O)c2C)sc2c1CCCC2. The molecular weight excluding hydrogens is 566 g/mol. The molecule has 3 heterocycles. The Morgan fingerprint density at radius 3 is 2.48 bits per heavy atom. The molecule has 0 bridgehead atoms. The average Bonchev–Trinajstić information content (AvgIpc) is 3.43. The summed E-state index contributed by atoms with van der Waals surface area (Å²) in [4.78, 5) is 44.4. The first-order chi connectivity index (χ1) is 19.2. The Morgan fingerprint density at radius 2 is 1.80 bits per heavy atom. The van der Waals surface area contributed by atoms with Gasteiger partial charge in [0.2, 0.25) is 0 Å². The Kier molecular flexibility index (Phi) is 7.99. The van der Waals surface area contributed by atoms with Gasteiger partial charge >= 0.3 is 5.97 Å². The summed E-state index contributed by atoms with van der Waals surface area (Å²) < 4.78 is 7.51. The quantitative estimate of drug-likeness (QED) is 0.142. The van der Waals surface area contributed by atoms with E-state index in [-0.39, 0.29) is 16.7 Å². The molecule has 1 aliphatic carbocycles. The Balaban J connectivity index is 1.62. The summed E-state index contributed by atoms with van der Waals surface area (Å²) in [6.45, 7) is 8.14. The number of thiocarbonyl (C=S) groups is 1. The molecule has 0 atom stereocenters. The van der Waals surface area contributed by atoms with Crippen LogP contribution in [0.15, 0.2) is 35.9 Å². The number of esters is 1. The number of halogens is 1. The minimum atomic E-state index is -0.495. The largest absolute Gasteiger partial charge is 0.462 e. The summed E-state index contributed by atoms with van der Waals surface area (Å²) in [7, 11) is 0. The van der Waals surface area contributed by atoms with E-state index in [1.165, 1.54) is 14.7 Å². The predicted octanol–water partition coefficient (Wildman–Crippen LogP) is 6.43. The standard InChI is InChI=1S/C30H30ClN3O4S2/c1-5-32-26(35)23(27(36)34(30(32)39)21-13-11-20(31)12-14-21)16-19-15-17(3)33(18(19)4)28-25(29(37)38-6-2)22-9-7-8-10-24(22)40-28/h11-16H,5-10H2,1-4H3/b23-16+. The van der Waals surface area contributed by atoms with Crippen LogP contribution in [-0.2, 0) is 27.2 Å². The zero-order chi connectivity index (χ0) is 28.7. The van der Waals surface area contributed by atoms with Crippen LogP contribution >= 0.6 is 35.2 Å². The van der Waals surface area contributed by atoms with E-state index < -0.39 is 11.8 Å². The molecule has 0 N–H and O–H groups in total. The van der Waals surface area contributed by atoms with Crippen LogP contribution in [0.2, 0.25) is 5.02 Å². The van der Waals surface area contributed by atoms with Gasteiger partial charge in [0.15, 0.2) is 5.11 Å². The molecule has 1 aliphatic heterocycles. The molecule has 3 aromatic rings. The molecule has 1 fully saturated rings. The third-order valence-electron chi connectivity index (χ3n) is 7.34. The molecule has 40 heavy (non-hydrogen) atoms. The second-order valence-electron chi connectivity index (χ2n) is 9.78. The summed E-state index contributed by atoms with van der Waals surface area (Å²) >= 11 is 13.2. The number of rotatable bonds is 6. The van der Waals surface area contributed by atoms with Crippen LogP contribution in [0, 0.1) is 13.8 Å². The molecule has 0 saturated carbocycles. The Morgan fingerprint density at radius 1 is 1.10 bits per heavy atom. The van der Waals surface area contributed by atoms with Gasteiger partial charge in [0, 0.05) is 27.8 Å². The minimum Gasteiger partial charge on any atom is -0.462 e. The molecule has 7 nitrogen and oxygen atoms in total. The van der Waals surface area contributed by atoms with Gasteiger partial charge < -0.3 is 9.30 Å². The topological polar surface area (TPSA) is 71.8 Å². The van der Waals surface area contributed by atoms with Gasteiger partial charge in [0.05, 0.1) is 17.9 Å². The first kappa shape index (κ1) is 28.3. The number of carbonyl (C=O) groups excluding carboxylic acids is 3. The van der Waals surface area contributed by atoms with Crippen LogP contribution in [0.25, 0.3) is 11.1 Å². The molecule has 1 saturated heterocycles. The number of aromatic nitrogens is 1. The van der Waals surface area contributed by atoms with Crippen LogP contribution < -0.4 is 4.90 Å². The van der Waals surface area contributed by atoms with Crippen LogP contribution in [0.4, 0.5) is 5.69 Å². The number of anilines is 1. The van der Waals surface area contributed by atoms with Crippen molar-refractivity contribution in [2.75, 3.05) is 18.1 Å². The maximum Gasteiger partial charge on any atom is 0.341 e. The van der Waals surface area contributed by atoms with Gasteiger partial charge in [-0.3, -0.25) is 19.4 Å². The number of aryl methyl sites for hydroxylation is 2. The summed E-state index contributed by atoms with van der Waals surface area (Å²) in [5.74, 6) is -1.25. The van der Waals surface area contributed by atoms with E-state index in [0.29, 0.717) is 29.4 Å². The third kappa shape index (κ3) is 4.80. The lowest BCUT2D eigenvalue weighted by molar-refractivity contribution is -0.127. The van der Waals surface area contributed by atoms with Gasteiger partial charge in [-0.2, -0.15) is 0 Å². The van der Waals surface area contributed by atoms with E-state index in [0.717, 1.165) is 53.2 Å². The molecule has 1 aromatic carbocycles. The molecule has 2 aliphatic rings. The minimum absolute atomic E-state index is 0.0155. The highest BCUT2D eigenvalue weighted by Gasteiger charge is 2.40. The summed E-state index contributed by atoms with van der Waals surface area (Å²) in [5, 5.41) is 1.49. The van der Waals surface area contributed by atoms with Gasteiger partial charge in [0.25, 0.3) is 11.8 Å². The van der Waals surface area contributed by atoms with Gasteiger partial charge in [-0.25, -0.2) is 4.79 Å². The fraction of sp³-hybridized carbons (Fsp3) is 0.333. The van der Waals surface area contributed by atoms with Crippen molar-refractivity contribution in [3.63, 3.8) is 0 Å². The third-order valence-corrected chi connectivity index (χ3v) is 9.27. The number of hydrogen-bond donors (Lipinski definition) is 0. The van der Waals surface area contributed by atoms with Crippen LogP contribution in [-0.4, -0.2) is 45.5 Å². The highest BCUT2D eigenvalue weighted by Crippen LogP contribution is 2.39. The van der Waals surface area contributed by atoms with Crippen molar-refractivity contribution in [1.82, 2.24) is 9.47 Å². The van der Waals surface area contributed by atoms with Gasteiger partial charge in [-0.15, -0.1) is 11.3 Å². The lowest BCUT2D eigenvalue weighted by Crippen LogP contribution is -2.56. The number of fused-ring (bicyclic) bond motifs is 1. The van der Waals surface area contributed by atoms with Gasteiger partial charge in [-0.1, -0.05) is 11.6 Å². The van der Waals surface area contributed by atoms with E-state index in [1.54, 1.807) is 41.7 Å². The maximum absolute atomic E-state index is 13.7. The van der Waals surface area contributed by atoms with Crippen molar-refractivity contribution < 1.29 is 19.1 Å². The van der Waals surface area contributed by atoms with E-state index in [2.05, 4.69) is 0 Å². The Hall–Kier alpha value is -3.27. The number of amides is 2. The second-order valence-corrected chi connectivity index (χ2v) is 11.7. The second kappa shape index (κ2) is 11.3. The van der Waals surface area contributed by atoms with Crippen LogP contribution in [0.5, 0.6) is 0 Å². The van der Waals surface area contributed by atoms with E-state index in [9.17, 15) is 14.4 Å². The lowest BCUT2D eigenvalue weighted by Gasteiger charge is -2.36. The smallest absolute Gasteiger partial charge is 0.341 e. The normalized spacial score (nSPS) is 16.6. The van der Waals surface area contributed by atoms with Crippen molar-refractivity contribution in [3.8, 4) is 5.00 Å². The number of nitrogens with zero attached hydrogens (tertiary/aromatic N) is 3. The van der Waals surface area contributed by atoms with Crippen molar-refractivity contribution in [1.29, 1.82) is 0 Å². The molecule has 2 amide bonds. The van der Waals surface area contributed by atoms with Crippen molar-refractivity contribution in [2.24, 2.45) is 0 Å². The number of ether oxygens (including phenoxy) is 1. The molecule has 0 radical (unpaired) electrons. The number of likely N-dealkylation sites (N-methyl/N-ethyl adjacent to an activating group) is 1. The van der Waals surface area contributed by atoms with Crippen molar-refractivity contribution in [2.45, 2.75) is 53.4 Å². The van der Waals surface area contributed by atoms with Crippen molar-refractivity contribution >= 4 is 69.8 Å². The number of benzene rings is 1. The molecule has 0 spiro atoms. The zero-order valence-corrected chi connectivity index (χ0v) is 25.3. The van der Waals surface area contributed by atoms with E-state index >= 15 is 0 Å². The average molecular weight is 596 g/mol. The molecular formula is C30H30ClN3O4S2. The lowest BCUT2D eigenvalue weighted by atomic mass is 9.95. The molecule has 5 rings (SSSR count). The highest BCUT2D eigenvalue weighted by atomic mass is 35.5. The van der Waals surface area contributed by atoms with Crippen LogP contribution in [0.1, 0.15) is 64.4 Å². The first-order valence-corrected chi connectivity index (χ1v) is 15.0. The molecule has 208 valence electrons. The van der Waals surface area contributed by atoms with E-state index in [1.807, 2.05) is 38.3 Å². The number of thiophene rings is 1. The zero-order valence-electron chi connectivity index (χ0n) is 22.9. The highest BCUT2D eigenvalue weighted by molar-refractivity contribution is 7.80. The molecule has 0 unspecified atom stereocenters.